The molecule has 0 bridgehead atoms. The quantitative estimate of drug-likeness (QED) is 0.629. The highest BCUT2D eigenvalue weighted by molar-refractivity contribution is 7.89. The predicted octanol–water partition coefficient (Wildman–Crippen LogP) is 1.71. The molecule has 2 heterocycles. The van der Waals surface area contributed by atoms with Crippen molar-refractivity contribution in [1.82, 2.24) is 14.7 Å². The van der Waals surface area contributed by atoms with Gasteiger partial charge < -0.3 is 10.1 Å². The van der Waals surface area contributed by atoms with E-state index in [0.29, 0.717) is 16.6 Å². The van der Waals surface area contributed by atoms with E-state index in [9.17, 15) is 18.3 Å². The Labute approximate surface area is 138 Å². The fourth-order valence-corrected chi connectivity index (χ4v) is 3.67. The molecule has 3 rings (SSSR count). The summed E-state index contributed by atoms with van der Waals surface area (Å²) in [5.74, 6) is -2.06. The third kappa shape index (κ3) is 3.15. The van der Waals surface area contributed by atoms with Gasteiger partial charge in [-0.15, -0.1) is 0 Å². The van der Waals surface area contributed by atoms with Crippen LogP contribution in [0.5, 0.6) is 0 Å². The normalized spacial score (nSPS) is 13.0. The zero-order valence-electron chi connectivity index (χ0n) is 12.5. The van der Waals surface area contributed by atoms with Crippen LogP contribution in [0.2, 0.25) is 0 Å². The molecule has 0 aliphatic rings. The molecule has 1 aromatic carbocycles. The van der Waals surface area contributed by atoms with Crippen LogP contribution in [-0.2, 0) is 14.8 Å². The largest absolute Gasteiger partial charge is 0.481 e. The number of sulfonamides is 1. The average Bonchev–Trinajstić information content (AvgIpc) is 3.00. The topological polar surface area (TPSA) is 112 Å². The first kappa shape index (κ1) is 16.2. The summed E-state index contributed by atoms with van der Waals surface area (Å²) in [6.07, 6.45) is 2.90. The molecule has 3 aromatic rings. The van der Waals surface area contributed by atoms with Gasteiger partial charge in [-0.3, -0.25) is 4.79 Å². The minimum absolute atomic E-state index is 0.0443. The maximum Gasteiger partial charge on any atom is 0.312 e. The van der Waals surface area contributed by atoms with E-state index in [1.807, 2.05) is 0 Å². The molecule has 0 amide bonds. The molecule has 7 nitrogen and oxygen atoms in total. The number of aliphatic carboxylic acids is 1. The number of hydrogen-bond acceptors (Lipinski definition) is 4. The van der Waals surface area contributed by atoms with Crippen molar-refractivity contribution in [1.29, 1.82) is 0 Å². The van der Waals surface area contributed by atoms with Crippen molar-refractivity contribution in [3.8, 4) is 0 Å². The molecule has 0 aliphatic carbocycles. The van der Waals surface area contributed by atoms with E-state index in [4.69, 9.17) is 0 Å². The van der Waals surface area contributed by atoms with Gasteiger partial charge in [0.15, 0.2) is 0 Å². The van der Waals surface area contributed by atoms with E-state index in [2.05, 4.69) is 14.7 Å². The van der Waals surface area contributed by atoms with E-state index in [1.54, 1.807) is 48.7 Å². The van der Waals surface area contributed by atoms with Gasteiger partial charge >= 0.3 is 5.97 Å². The van der Waals surface area contributed by atoms with Crippen molar-refractivity contribution >= 4 is 27.0 Å². The number of carbonyl (C=O) groups is 1. The minimum atomic E-state index is -3.86. The SMILES string of the molecule is O=C(O)C(CNS(=O)(=O)c1c[nH]c2ncccc12)c1ccccc1. The molecule has 0 saturated carbocycles. The number of H-pyrrole nitrogens is 1. The lowest BCUT2D eigenvalue weighted by Gasteiger charge is -2.13. The second-order valence-electron chi connectivity index (χ2n) is 5.21. The van der Waals surface area contributed by atoms with Gasteiger partial charge in [0, 0.05) is 24.3 Å². The summed E-state index contributed by atoms with van der Waals surface area (Å²) < 4.78 is 27.4. The van der Waals surface area contributed by atoms with Crippen LogP contribution in [0.25, 0.3) is 11.0 Å². The van der Waals surface area contributed by atoms with Crippen LogP contribution in [0.15, 0.2) is 59.8 Å². The first-order valence-electron chi connectivity index (χ1n) is 7.18. The van der Waals surface area contributed by atoms with E-state index >= 15 is 0 Å². The van der Waals surface area contributed by atoms with Gasteiger partial charge in [-0.25, -0.2) is 18.1 Å². The summed E-state index contributed by atoms with van der Waals surface area (Å²) in [5.41, 5.74) is 0.990. The molecule has 2 aromatic heterocycles. The number of benzene rings is 1. The summed E-state index contributed by atoms with van der Waals surface area (Å²) in [4.78, 5) is 18.3. The number of aromatic nitrogens is 2. The number of nitrogens with zero attached hydrogens (tertiary/aromatic N) is 1. The Morgan fingerprint density at radius 1 is 1.21 bits per heavy atom. The fourth-order valence-electron chi connectivity index (χ4n) is 2.46. The van der Waals surface area contributed by atoms with Crippen molar-refractivity contribution in [2.45, 2.75) is 10.8 Å². The number of hydrogen-bond donors (Lipinski definition) is 3. The number of aromatic amines is 1. The highest BCUT2D eigenvalue weighted by Crippen LogP contribution is 2.21. The molecule has 0 fully saturated rings. The molecule has 1 atom stereocenters. The molecule has 24 heavy (non-hydrogen) atoms. The fraction of sp³-hybridized carbons (Fsp3) is 0.125. The zero-order valence-corrected chi connectivity index (χ0v) is 13.3. The standard InChI is InChI=1S/C16H15N3O4S/c20-16(21)13(11-5-2-1-3-6-11)9-19-24(22,23)14-10-18-15-12(14)7-4-8-17-15/h1-8,10,13,19H,9H2,(H,17,18)(H,20,21). The predicted molar refractivity (Wildman–Crippen MR) is 88.1 cm³/mol. The highest BCUT2D eigenvalue weighted by Gasteiger charge is 2.25. The molecule has 0 spiro atoms. The Morgan fingerprint density at radius 2 is 1.96 bits per heavy atom. The van der Waals surface area contributed by atoms with Crippen molar-refractivity contribution in [2.24, 2.45) is 0 Å². The van der Waals surface area contributed by atoms with Crippen molar-refractivity contribution in [3.05, 3.63) is 60.4 Å². The molecular weight excluding hydrogens is 330 g/mol. The molecule has 0 saturated heterocycles. The van der Waals surface area contributed by atoms with Gasteiger partial charge in [-0.05, 0) is 17.7 Å². The summed E-state index contributed by atoms with van der Waals surface area (Å²) in [6.45, 7) is -0.241. The summed E-state index contributed by atoms with van der Waals surface area (Å²) in [5, 5.41) is 9.83. The first-order chi connectivity index (χ1) is 11.5. The van der Waals surface area contributed by atoms with Gasteiger partial charge in [-0.1, -0.05) is 30.3 Å². The molecule has 1 unspecified atom stereocenters. The number of fused-ring (bicyclic) bond motifs is 1. The molecule has 8 heteroatoms. The van der Waals surface area contributed by atoms with Gasteiger partial charge in [0.2, 0.25) is 10.0 Å². The van der Waals surface area contributed by atoms with Gasteiger partial charge in [0.25, 0.3) is 0 Å². The average molecular weight is 345 g/mol. The Morgan fingerprint density at radius 3 is 2.67 bits per heavy atom. The second kappa shape index (κ2) is 6.42. The third-order valence-electron chi connectivity index (χ3n) is 3.68. The maximum absolute atomic E-state index is 12.5. The zero-order chi connectivity index (χ0) is 17.2. The number of carboxylic acid groups (broad SMARTS) is 1. The van der Waals surface area contributed by atoms with Crippen molar-refractivity contribution in [3.63, 3.8) is 0 Å². The number of carboxylic acids is 1. The van der Waals surface area contributed by atoms with Crippen LogP contribution >= 0.6 is 0 Å². The van der Waals surface area contributed by atoms with Crippen LogP contribution in [-0.4, -0.2) is 36.0 Å². The van der Waals surface area contributed by atoms with Crippen LogP contribution in [0.4, 0.5) is 0 Å². The summed E-state index contributed by atoms with van der Waals surface area (Å²) >= 11 is 0. The Bertz CT molecular complexity index is 967. The molecule has 3 N–H and O–H groups in total. The van der Waals surface area contributed by atoms with Crippen molar-refractivity contribution in [2.75, 3.05) is 6.54 Å². The summed E-state index contributed by atoms with van der Waals surface area (Å²) in [7, 11) is -3.86. The Hall–Kier alpha value is -2.71. The van der Waals surface area contributed by atoms with Crippen molar-refractivity contribution < 1.29 is 18.3 Å². The van der Waals surface area contributed by atoms with Gasteiger partial charge in [0.1, 0.15) is 10.5 Å². The number of rotatable bonds is 6. The lowest BCUT2D eigenvalue weighted by atomic mass is 10.00. The van der Waals surface area contributed by atoms with E-state index in [0.717, 1.165) is 0 Å². The van der Waals surface area contributed by atoms with E-state index in [1.165, 1.54) is 6.20 Å². The van der Waals surface area contributed by atoms with Gasteiger partial charge in [0.05, 0.1) is 5.92 Å². The molecule has 124 valence electrons. The van der Waals surface area contributed by atoms with E-state index < -0.39 is 21.9 Å². The second-order valence-corrected chi connectivity index (χ2v) is 6.94. The first-order valence-corrected chi connectivity index (χ1v) is 8.67. The third-order valence-corrected chi connectivity index (χ3v) is 5.14. The molecule has 0 radical (unpaired) electrons. The van der Waals surface area contributed by atoms with Crippen LogP contribution in [0, 0.1) is 0 Å². The monoisotopic (exact) mass is 345 g/mol. The lowest BCUT2D eigenvalue weighted by molar-refractivity contribution is -0.138. The minimum Gasteiger partial charge on any atom is -0.481 e. The molecular formula is C16H15N3O4S. The highest BCUT2D eigenvalue weighted by atomic mass is 32.2. The Kier molecular flexibility index (Phi) is 4.32. The van der Waals surface area contributed by atoms with Gasteiger partial charge in [-0.2, -0.15) is 0 Å². The van der Waals surface area contributed by atoms with E-state index in [-0.39, 0.29) is 11.4 Å². The van der Waals surface area contributed by atoms with Crippen LogP contribution < -0.4 is 4.72 Å². The van der Waals surface area contributed by atoms with Crippen LogP contribution in [0.3, 0.4) is 0 Å². The number of pyridine rings is 1. The maximum atomic E-state index is 12.5. The lowest BCUT2D eigenvalue weighted by Crippen LogP contribution is -2.31. The number of nitrogens with one attached hydrogen (secondary N) is 2. The van der Waals surface area contributed by atoms with Crippen LogP contribution in [0.1, 0.15) is 11.5 Å². The molecule has 0 aliphatic heterocycles. The summed E-state index contributed by atoms with van der Waals surface area (Å²) in [6, 6.07) is 11.8. The Balaban J connectivity index is 1.85. The smallest absolute Gasteiger partial charge is 0.312 e.